The van der Waals surface area contributed by atoms with Crippen molar-refractivity contribution in [1.82, 2.24) is 14.7 Å². The first-order valence-corrected chi connectivity index (χ1v) is 8.89. The molecule has 124 valence electrons. The fourth-order valence-corrected chi connectivity index (χ4v) is 3.18. The third kappa shape index (κ3) is 4.54. The van der Waals surface area contributed by atoms with E-state index < -0.39 is 10.0 Å². The normalized spacial score (nSPS) is 11.5. The van der Waals surface area contributed by atoms with Crippen molar-refractivity contribution < 1.29 is 8.42 Å². The number of halogens is 2. The molecule has 0 spiro atoms. The summed E-state index contributed by atoms with van der Waals surface area (Å²) in [4.78, 5) is 10.4. The zero-order chi connectivity index (χ0) is 17.2. The van der Waals surface area contributed by atoms with Crippen LogP contribution in [0.3, 0.4) is 0 Å². The zero-order valence-corrected chi connectivity index (χ0v) is 15.2. The Morgan fingerprint density at radius 2 is 1.83 bits per heavy atom. The smallest absolute Gasteiger partial charge is 0.241 e. The fourth-order valence-electron chi connectivity index (χ4n) is 1.81. The molecule has 0 aliphatic carbocycles. The Balaban J connectivity index is 2.20. The fraction of sp³-hybridized carbons (Fsp3) is 0.286. The van der Waals surface area contributed by atoms with Crippen LogP contribution in [0.25, 0.3) is 0 Å². The monoisotopic (exact) mass is 374 g/mol. The lowest BCUT2D eigenvalue weighted by Gasteiger charge is -2.13. The number of aromatic nitrogens is 2. The van der Waals surface area contributed by atoms with E-state index in [2.05, 4.69) is 14.7 Å². The molecule has 1 aromatic carbocycles. The Kier molecular flexibility index (Phi) is 5.46. The summed E-state index contributed by atoms with van der Waals surface area (Å²) in [5.41, 5.74) is 0.757. The van der Waals surface area contributed by atoms with Gasteiger partial charge in [-0.2, -0.15) is 0 Å². The number of rotatable bonds is 5. The van der Waals surface area contributed by atoms with Crippen LogP contribution in [0.4, 0.5) is 5.82 Å². The maximum absolute atomic E-state index is 12.3. The van der Waals surface area contributed by atoms with Crippen LogP contribution >= 0.6 is 23.2 Å². The highest BCUT2D eigenvalue weighted by atomic mass is 35.5. The summed E-state index contributed by atoms with van der Waals surface area (Å²) in [5.74, 6) is 1.10. The molecule has 0 bridgehead atoms. The molecule has 0 aliphatic heterocycles. The average molecular weight is 375 g/mol. The van der Waals surface area contributed by atoms with Gasteiger partial charge in [0.1, 0.15) is 11.6 Å². The number of hydrogen-bond donors (Lipinski definition) is 1. The predicted molar refractivity (Wildman–Crippen MR) is 91.6 cm³/mol. The summed E-state index contributed by atoms with van der Waals surface area (Å²) < 4.78 is 27.0. The molecular formula is C14H16Cl2N4O2S. The lowest BCUT2D eigenvalue weighted by Crippen LogP contribution is -2.25. The van der Waals surface area contributed by atoms with Crippen molar-refractivity contribution in [1.29, 1.82) is 0 Å². The summed E-state index contributed by atoms with van der Waals surface area (Å²) >= 11 is 11.7. The number of hydrogen-bond acceptors (Lipinski definition) is 5. The predicted octanol–water partition coefficient (Wildman–Crippen LogP) is 2.64. The van der Waals surface area contributed by atoms with Gasteiger partial charge in [-0.05, 0) is 25.1 Å². The molecule has 0 radical (unpaired) electrons. The maximum Gasteiger partial charge on any atom is 0.241 e. The first-order chi connectivity index (χ1) is 10.7. The van der Waals surface area contributed by atoms with E-state index in [4.69, 9.17) is 23.2 Å². The van der Waals surface area contributed by atoms with E-state index in [1.54, 1.807) is 0 Å². The van der Waals surface area contributed by atoms with Crippen LogP contribution in [0.5, 0.6) is 0 Å². The van der Waals surface area contributed by atoms with Crippen LogP contribution in [0.15, 0.2) is 29.2 Å². The summed E-state index contributed by atoms with van der Waals surface area (Å²) in [7, 11) is -0.0251. The highest BCUT2D eigenvalue weighted by Crippen LogP contribution is 2.24. The molecule has 0 saturated heterocycles. The highest BCUT2D eigenvalue weighted by Gasteiger charge is 2.16. The molecule has 0 aliphatic rings. The van der Waals surface area contributed by atoms with Gasteiger partial charge in [0.2, 0.25) is 10.0 Å². The van der Waals surface area contributed by atoms with E-state index in [-0.39, 0.29) is 16.5 Å². The Bertz CT molecular complexity index is 826. The van der Waals surface area contributed by atoms with Gasteiger partial charge in [-0.1, -0.05) is 23.2 Å². The lowest BCUT2D eigenvalue weighted by atomic mass is 10.4. The van der Waals surface area contributed by atoms with Gasteiger partial charge < -0.3 is 4.90 Å². The van der Waals surface area contributed by atoms with Crippen LogP contribution in [-0.2, 0) is 16.6 Å². The number of nitrogens with zero attached hydrogens (tertiary/aromatic N) is 3. The molecule has 1 N–H and O–H groups in total. The van der Waals surface area contributed by atoms with Crippen LogP contribution in [0, 0.1) is 6.92 Å². The number of aryl methyl sites for hydroxylation is 1. The van der Waals surface area contributed by atoms with E-state index in [1.807, 2.05) is 32.0 Å². The Labute approximate surface area is 145 Å². The van der Waals surface area contributed by atoms with Gasteiger partial charge in [0.25, 0.3) is 0 Å². The molecule has 6 nitrogen and oxygen atoms in total. The second-order valence-electron chi connectivity index (χ2n) is 5.08. The average Bonchev–Trinajstić information content (AvgIpc) is 2.47. The van der Waals surface area contributed by atoms with Gasteiger partial charge in [0.15, 0.2) is 0 Å². The third-order valence-corrected chi connectivity index (χ3v) is 5.10. The van der Waals surface area contributed by atoms with E-state index in [1.165, 1.54) is 18.2 Å². The summed E-state index contributed by atoms with van der Waals surface area (Å²) in [6.07, 6.45) is 0. The van der Waals surface area contributed by atoms with Crippen molar-refractivity contribution in [2.45, 2.75) is 18.4 Å². The van der Waals surface area contributed by atoms with Gasteiger partial charge >= 0.3 is 0 Å². The zero-order valence-electron chi connectivity index (χ0n) is 12.8. The molecule has 2 aromatic rings. The lowest BCUT2D eigenvalue weighted by molar-refractivity contribution is 0.579. The third-order valence-electron chi connectivity index (χ3n) is 2.97. The molecule has 0 saturated carbocycles. The van der Waals surface area contributed by atoms with Crippen molar-refractivity contribution in [2.24, 2.45) is 0 Å². The molecule has 0 fully saturated rings. The summed E-state index contributed by atoms with van der Waals surface area (Å²) in [6.45, 7) is 1.80. The number of sulfonamides is 1. The minimum Gasteiger partial charge on any atom is -0.363 e. The Hall–Kier alpha value is -1.41. The molecule has 9 heteroatoms. The van der Waals surface area contributed by atoms with Gasteiger partial charge in [0.05, 0.1) is 21.5 Å². The van der Waals surface area contributed by atoms with E-state index in [0.29, 0.717) is 16.7 Å². The van der Waals surface area contributed by atoms with Gasteiger partial charge in [-0.3, -0.25) is 0 Å². The first kappa shape index (κ1) is 17.9. The molecule has 23 heavy (non-hydrogen) atoms. The number of benzene rings is 1. The standard InChI is InChI=1S/C14H16Cl2N4O2S/c1-9-6-14(20(2)3)19-13(18-9)8-17-23(21,22)10-4-5-11(15)12(16)7-10/h4-7,17H,8H2,1-3H3. The van der Waals surface area contributed by atoms with Gasteiger partial charge in [-0.15, -0.1) is 0 Å². The molecule has 0 amide bonds. The Morgan fingerprint density at radius 3 is 2.43 bits per heavy atom. The molecule has 0 atom stereocenters. The van der Waals surface area contributed by atoms with Crippen molar-refractivity contribution >= 4 is 39.0 Å². The second kappa shape index (κ2) is 7.00. The summed E-state index contributed by atoms with van der Waals surface area (Å²) in [6, 6.07) is 5.94. The van der Waals surface area contributed by atoms with Gasteiger partial charge in [-0.25, -0.2) is 23.1 Å². The topological polar surface area (TPSA) is 75.2 Å². The van der Waals surface area contributed by atoms with E-state index in [0.717, 1.165) is 5.69 Å². The van der Waals surface area contributed by atoms with E-state index in [9.17, 15) is 8.42 Å². The van der Waals surface area contributed by atoms with Crippen molar-refractivity contribution in [3.8, 4) is 0 Å². The minimum atomic E-state index is -3.73. The second-order valence-corrected chi connectivity index (χ2v) is 7.66. The van der Waals surface area contributed by atoms with Crippen LogP contribution in [-0.4, -0.2) is 32.5 Å². The maximum atomic E-state index is 12.3. The summed E-state index contributed by atoms with van der Waals surface area (Å²) in [5, 5.41) is 0.472. The van der Waals surface area contributed by atoms with Crippen LogP contribution in [0.1, 0.15) is 11.5 Å². The molecule has 0 unspecified atom stereocenters. The highest BCUT2D eigenvalue weighted by molar-refractivity contribution is 7.89. The first-order valence-electron chi connectivity index (χ1n) is 6.65. The number of nitrogens with one attached hydrogen (secondary N) is 1. The molecule has 1 heterocycles. The molecular weight excluding hydrogens is 359 g/mol. The largest absolute Gasteiger partial charge is 0.363 e. The molecule has 1 aromatic heterocycles. The molecule has 2 rings (SSSR count). The van der Waals surface area contributed by atoms with Crippen molar-refractivity contribution in [3.63, 3.8) is 0 Å². The SMILES string of the molecule is Cc1cc(N(C)C)nc(CNS(=O)(=O)c2ccc(Cl)c(Cl)c2)n1. The Morgan fingerprint density at radius 1 is 1.13 bits per heavy atom. The van der Waals surface area contributed by atoms with Crippen molar-refractivity contribution in [3.05, 3.63) is 45.8 Å². The number of anilines is 1. The van der Waals surface area contributed by atoms with Gasteiger partial charge in [0, 0.05) is 25.9 Å². The van der Waals surface area contributed by atoms with E-state index >= 15 is 0 Å². The van der Waals surface area contributed by atoms with Crippen molar-refractivity contribution in [2.75, 3.05) is 19.0 Å². The van der Waals surface area contributed by atoms with Crippen LogP contribution in [0.2, 0.25) is 10.0 Å². The van der Waals surface area contributed by atoms with Crippen LogP contribution < -0.4 is 9.62 Å². The quantitative estimate of drug-likeness (QED) is 0.870. The minimum absolute atomic E-state index is 0.0227.